The summed E-state index contributed by atoms with van der Waals surface area (Å²) in [6, 6.07) is -6.20. The van der Waals surface area contributed by atoms with Gasteiger partial charge in [-0.3, -0.25) is 52.9 Å². The fraction of sp³-hybridized carbons (Fsp3) is 0.756. The van der Waals surface area contributed by atoms with Crippen LogP contribution < -0.4 is 48.7 Å². The summed E-state index contributed by atoms with van der Waals surface area (Å²) >= 11 is 0. The summed E-state index contributed by atoms with van der Waals surface area (Å²) in [6.07, 6.45) is 2.82. The molecule has 0 spiro atoms. The van der Waals surface area contributed by atoms with Crippen LogP contribution in [0.3, 0.4) is 0 Å². The molecule has 0 aromatic carbocycles. The number of hydrogen-bond donors (Lipinski definition) is 9. The summed E-state index contributed by atoms with van der Waals surface area (Å²) in [6.45, 7) is 15.3. The molecule has 7 atom stereocenters. The maximum absolute atomic E-state index is 14.1. The van der Waals surface area contributed by atoms with Crippen molar-refractivity contribution >= 4 is 65.0 Å². The topological polar surface area (TPSA) is 329 Å². The predicted molar refractivity (Wildman–Crippen MR) is 256 cm³/mol. The Morgan fingerprint density at radius 1 is 0.706 bits per heavy atom. The summed E-state index contributed by atoms with van der Waals surface area (Å²) in [5.74, 6) is -6.60. The Labute approximate surface area is 401 Å². The molecule has 11 N–H and O–H groups in total. The molecule has 23 nitrogen and oxygen atoms in total. The molecule has 1 aliphatic heterocycles. The summed E-state index contributed by atoms with van der Waals surface area (Å²) in [4.78, 5) is 140. The minimum Gasteiger partial charge on any atom is -0.370 e. The molecule has 1 rings (SSSR count). The van der Waals surface area contributed by atoms with E-state index >= 15 is 0 Å². The second-order valence-corrected chi connectivity index (χ2v) is 18.2. The van der Waals surface area contributed by atoms with Gasteiger partial charge in [-0.05, 0) is 63.2 Å². The number of rotatable bonds is 29. The molecule has 0 aliphatic carbocycles. The van der Waals surface area contributed by atoms with E-state index in [-0.39, 0.29) is 56.0 Å². The highest BCUT2D eigenvalue weighted by Crippen LogP contribution is 2.20. The molecular weight excluding hydrogens is 883 g/mol. The third-order valence-corrected chi connectivity index (χ3v) is 11.5. The fourth-order valence-corrected chi connectivity index (χ4v) is 7.41. The number of likely N-dealkylation sites (N-methyl/N-ethyl adjacent to an activating group) is 3. The van der Waals surface area contributed by atoms with E-state index in [0.29, 0.717) is 45.2 Å². The van der Waals surface area contributed by atoms with Crippen molar-refractivity contribution in [1.29, 1.82) is 0 Å². The van der Waals surface area contributed by atoms with Gasteiger partial charge in [-0.15, -0.1) is 0 Å². The molecule has 0 saturated carbocycles. The fourth-order valence-electron chi connectivity index (χ4n) is 7.41. The maximum atomic E-state index is 14.1. The van der Waals surface area contributed by atoms with E-state index < -0.39 is 108 Å². The molecule has 0 aromatic rings. The van der Waals surface area contributed by atoms with Crippen molar-refractivity contribution in [2.75, 3.05) is 53.4 Å². The zero-order valence-electron chi connectivity index (χ0n) is 42.1. The van der Waals surface area contributed by atoms with E-state index in [4.69, 9.17) is 11.5 Å². The first-order valence-corrected chi connectivity index (χ1v) is 23.7. The van der Waals surface area contributed by atoms with Crippen LogP contribution in [0.5, 0.6) is 0 Å². The quantitative estimate of drug-likeness (QED) is 0.0228. The van der Waals surface area contributed by atoms with Gasteiger partial charge >= 0.3 is 0 Å². The molecule has 1 unspecified atom stereocenters. The lowest BCUT2D eigenvalue weighted by atomic mass is 9.96. The third-order valence-electron chi connectivity index (χ3n) is 11.5. The summed E-state index contributed by atoms with van der Waals surface area (Å²) in [5, 5.41) is 18.8. The zero-order valence-corrected chi connectivity index (χ0v) is 42.1. The number of nitrogens with one attached hydrogen (secondary N) is 7. The lowest BCUT2D eigenvalue weighted by Crippen LogP contribution is -2.60. The molecule has 1 heterocycles. The molecule has 0 radical (unpaired) electrons. The molecule has 1 aliphatic rings. The van der Waals surface area contributed by atoms with Crippen LogP contribution in [-0.2, 0) is 47.9 Å². The first-order chi connectivity index (χ1) is 31.9. The van der Waals surface area contributed by atoms with Crippen LogP contribution in [-0.4, -0.2) is 169 Å². The van der Waals surface area contributed by atoms with Gasteiger partial charge in [-0.1, -0.05) is 61.3 Å². The molecule has 1 fully saturated rings. The average Bonchev–Trinajstić information content (AvgIpc) is 3.76. The van der Waals surface area contributed by atoms with Crippen LogP contribution in [0.2, 0.25) is 0 Å². The van der Waals surface area contributed by atoms with Crippen LogP contribution in [0.4, 0.5) is 0 Å². The number of nitrogens with two attached hydrogens (primary N) is 2. The lowest BCUT2D eigenvalue weighted by molar-refractivity contribution is -0.142. The van der Waals surface area contributed by atoms with Crippen molar-refractivity contribution in [3.8, 4) is 0 Å². The van der Waals surface area contributed by atoms with Crippen LogP contribution >= 0.6 is 0 Å². The molecule has 68 heavy (non-hydrogen) atoms. The van der Waals surface area contributed by atoms with Crippen molar-refractivity contribution in [2.24, 2.45) is 34.2 Å². The van der Waals surface area contributed by atoms with E-state index in [0.717, 1.165) is 4.90 Å². The predicted octanol–water partition coefficient (Wildman–Crippen LogP) is -1.81. The van der Waals surface area contributed by atoms with Gasteiger partial charge in [0.1, 0.15) is 36.3 Å². The van der Waals surface area contributed by atoms with Crippen molar-refractivity contribution in [3.05, 3.63) is 0 Å². The third kappa shape index (κ3) is 20.9. The highest BCUT2D eigenvalue weighted by Gasteiger charge is 2.39. The van der Waals surface area contributed by atoms with Gasteiger partial charge in [0.15, 0.2) is 5.96 Å². The monoisotopic (exact) mass is 964 g/mol. The van der Waals surface area contributed by atoms with E-state index in [9.17, 15) is 47.9 Å². The Bertz CT molecular complexity index is 1770. The van der Waals surface area contributed by atoms with Crippen LogP contribution in [0.1, 0.15) is 114 Å². The largest absolute Gasteiger partial charge is 0.370 e. The SMILES string of the molecule is CCC[C@H](NC(=O)CN(C)C(=O)[C@@H](CC(C)C)NC(=O)[C@@H](NC(=O)CNC(=O)CN(C)C(C)=O)C(C)C)C(=O)N[C@H](C(=O)N[C@@H](CCCN=C(N)N)C(=O)N1CCC[C@H]1C(=O)NCC)C(C)CC. The molecule has 0 aromatic heterocycles. The lowest BCUT2D eigenvalue weighted by Gasteiger charge is -2.31. The van der Waals surface area contributed by atoms with Crippen molar-refractivity contribution in [2.45, 2.75) is 150 Å². The minimum atomic E-state index is -1.13. The van der Waals surface area contributed by atoms with Gasteiger partial charge in [-0.25, -0.2) is 0 Å². The molecule has 386 valence electrons. The minimum absolute atomic E-state index is 0.0854. The van der Waals surface area contributed by atoms with E-state index in [1.54, 1.807) is 27.7 Å². The zero-order chi connectivity index (χ0) is 51.8. The standard InChI is InChI=1S/C45H81N13O10/c1-12-17-30(39(63)55-38(28(8)13-2)42(66)52-31(18-15-20-49-45(46)47)44(68)58-21-16-19-33(58)40(64)48-14-3)51-36(62)25-57(11)43(67)32(22-26(4)5)53-41(65)37(27(6)7)54-34(60)23-50-35(61)24-56(10)29(9)59/h26-28,30-33,37-38H,12-25H2,1-11H3,(H,48,64)(H,50,61)(H,51,62)(H,52,66)(H,53,65)(H,54,60)(H,55,63)(H4,46,47,49)/t28?,30-,31-,32+,33-,37-,38-/m0/s1. The number of amides is 10. The van der Waals surface area contributed by atoms with Gasteiger partial charge in [0.2, 0.25) is 59.1 Å². The van der Waals surface area contributed by atoms with Gasteiger partial charge in [0, 0.05) is 40.7 Å². The van der Waals surface area contributed by atoms with Crippen molar-refractivity contribution in [1.82, 2.24) is 51.9 Å². The second-order valence-electron chi connectivity index (χ2n) is 18.2. The first kappa shape index (κ1) is 60.0. The Balaban J connectivity index is 3.17. The maximum Gasteiger partial charge on any atom is 0.245 e. The Hall–Kier alpha value is -6.03. The van der Waals surface area contributed by atoms with E-state index in [1.165, 1.54) is 30.8 Å². The number of carbonyl (C=O) groups excluding carboxylic acids is 10. The van der Waals surface area contributed by atoms with Crippen LogP contribution in [0.15, 0.2) is 4.99 Å². The van der Waals surface area contributed by atoms with Crippen molar-refractivity contribution < 1.29 is 47.9 Å². The average molecular weight is 964 g/mol. The molecule has 23 heteroatoms. The molecular formula is C45H81N13O10. The van der Waals surface area contributed by atoms with Crippen LogP contribution in [0.25, 0.3) is 0 Å². The number of carbonyl (C=O) groups is 10. The molecule has 10 amide bonds. The smallest absolute Gasteiger partial charge is 0.245 e. The Morgan fingerprint density at radius 2 is 1.32 bits per heavy atom. The first-order valence-electron chi connectivity index (χ1n) is 23.7. The van der Waals surface area contributed by atoms with E-state index in [1.807, 2.05) is 27.7 Å². The number of likely N-dealkylation sites (tertiary alicyclic amines) is 1. The molecule has 0 bridgehead atoms. The normalized spacial score (nSPS) is 15.9. The highest BCUT2D eigenvalue weighted by molar-refractivity contribution is 5.97. The van der Waals surface area contributed by atoms with Gasteiger partial charge in [-0.2, -0.15) is 0 Å². The van der Waals surface area contributed by atoms with Crippen LogP contribution in [0, 0.1) is 17.8 Å². The Kier molecular flexibility index (Phi) is 26.8. The summed E-state index contributed by atoms with van der Waals surface area (Å²) < 4.78 is 0. The Morgan fingerprint density at radius 3 is 1.88 bits per heavy atom. The summed E-state index contributed by atoms with van der Waals surface area (Å²) in [7, 11) is 2.81. The van der Waals surface area contributed by atoms with Gasteiger partial charge in [0.25, 0.3) is 0 Å². The van der Waals surface area contributed by atoms with Gasteiger partial charge in [0.05, 0.1) is 19.6 Å². The summed E-state index contributed by atoms with van der Waals surface area (Å²) in [5.41, 5.74) is 11.0. The van der Waals surface area contributed by atoms with Gasteiger partial charge < -0.3 is 63.4 Å². The number of nitrogens with zero attached hydrogens (tertiary/aromatic N) is 4. The molecule has 1 saturated heterocycles. The highest BCUT2D eigenvalue weighted by atomic mass is 16.2. The van der Waals surface area contributed by atoms with Crippen molar-refractivity contribution in [3.63, 3.8) is 0 Å². The number of guanidine groups is 1. The van der Waals surface area contributed by atoms with E-state index in [2.05, 4.69) is 42.2 Å². The number of hydrogen-bond acceptors (Lipinski definition) is 11. The number of aliphatic imine (C=N–C) groups is 1. The second kappa shape index (κ2) is 30.4.